The summed E-state index contributed by atoms with van der Waals surface area (Å²) < 4.78 is 28.6. The van der Waals surface area contributed by atoms with E-state index in [4.69, 9.17) is 9.56 Å². The topological polar surface area (TPSA) is 106 Å². The zero-order valence-corrected chi connectivity index (χ0v) is 17.2. The summed E-state index contributed by atoms with van der Waals surface area (Å²) in [6.07, 6.45) is 1.65. The van der Waals surface area contributed by atoms with Crippen LogP contribution < -0.4 is 10.1 Å². The van der Waals surface area contributed by atoms with E-state index in [-0.39, 0.29) is 10.8 Å². The number of benzene rings is 2. The number of anilines is 1. The van der Waals surface area contributed by atoms with Crippen molar-refractivity contribution < 1.29 is 17.6 Å². The molecule has 0 spiro atoms. The van der Waals surface area contributed by atoms with Crippen LogP contribution in [0.4, 0.5) is 5.69 Å². The molecule has 1 aromatic heterocycles. The maximum atomic E-state index is 12.8. The molecule has 7 nitrogen and oxygen atoms in total. The fraction of sp³-hybridized carbons (Fsp3) is 0.0909. The summed E-state index contributed by atoms with van der Waals surface area (Å²) in [5.41, 5.74) is 3.53. The molecule has 3 aromatic rings. The molecule has 30 heavy (non-hydrogen) atoms. The van der Waals surface area contributed by atoms with Crippen LogP contribution in [0, 0.1) is 6.92 Å². The van der Waals surface area contributed by atoms with Crippen molar-refractivity contribution in [2.45, 2.75) is 18.7 Å². The van der Waals surface area contributed by atoms with Gasteiger partial charge >= 0.3 is 0 Å². The lowest BCUT2D eigenvalue weighted by molar-refractivity contribution is -0.114. The Morgan fingerprint density at radius 1 is 0.967 bits per heavy atom. The van der Waals surface area contributed by atoms with Crippen molar-refractivity contribution >= 4 is 33.4 Å². The number of hydrogen-bond donors (Lipinski definition) is 1. The molecule has 152 valence electrons. The standard InChI is InChI=1S/C22H19N3O4S/c1-14-3-7-17(8-4-14)25-22(26)20(15(2)24-25)13-18-9-12-21(29-18)16-5-10-19(11-6-16)30(23,27)28/h3-13H,1-2H3,(H2,23,27,28)/b20-13-. The normalized spacial score (nSPS) is 15.7. The zero-order valence-electron chi connectivity index (χ0n) is 16.4. The molecule has 4 rings (SSSR count). The van der Waals surface area contributed by atoms with Gasteiger partial charge in [-0.1, -0.05) is 17.7 Å². The molecule has 1 aliphatic rings. The number of hydrogen-bond acceptors (Lipinski definition) is 5. The Hall–Kier alpha value is -3.49. The molecule has 0 unspecified atom stereocenters. The number of sulfonamides is 1. The SMILES string of the molecule is CC1=NN(c2ccc(C)cc2)C(=O)/C1=C\c1ccc(-c2ccc(S(N)(=O)=O)cc2)o1. The predicted octanol–water partition coefficient (Wildman–Crippen LogP) is 3.71. The lowest BCUT2D eigenvalue weighted by Crippen LogP contribution is -2.21. The highest BCUT2D eigenvalue weighted by Crippen LogP contribution is 2.28. The van der Waals surface area contributed by atoms with Gasteiger partial charge in [0, 0.05) is 5.56 Å². The molecule has 0 atom stereocenters. The maximum absolute atomic E-state index is 12.8. The van der Waals surface area contributed by atoms with Gasteiger partial charge in [0.25, 0.3) is 5.91 Å². The van der Waals surface area contributed by atoms with E-state index < -0.39 is 10.0 Å². The highest BCUT2D eigenvalue weighted by atomic mass is 32.2. The summed E-state index contributed by atoms with van der Waals surface area (Å²) in [4.78, 5) is 12.9. The summed E-state index contributed by atoms with van der Waals surface area (Å²) in [6.45, 7) is 3.75. The molecule has 0 bridgehead atoms. The van der Waals surface area contributed by atoms with E-state index >= 15 is 0 Å². The first kappa shape index (κ1) is 19.8. The summed E-state index contributed by atoms with van der Waals surface area (Å²) >= 11 is 0. The third-order valence-electron chi connectivity index (χ3n) is 4.72. The van der Waals surface area contributed by atoms with E-state index in [9.17, 15) is 13.2 Å². The predicted molar refractivity (Wildman–Crippen MR) is 115 cm³/mol. The number of nitrogens with two attached hydrogens (primary N) is 1. The van der Waals surface area contributed by atoms with Crippen molar-refractivity contribution in [1.82, 2.24) is 0 Å². The van der Waals surface area contributed by atoms with Gasteiger partial charge in [0.05, 0.1) is 21.9 Å². The molecule has 1 aliphatic heterocycles. The minimum absolute atomic E-state index is 0.0275. The second kappa shape index (κ2) is 7.40. The van der Waals surface area contributed by atoms with Crippen LogP contribution in [0.2, 0.25) is 0 Å². The number of nitrogens with zero attached hydrogens (tertiary/aromatic N) is 2. The Morgan fingerprint density at radius 2 is 1.63 bits per heavy atom. The molecule has 8 heteroatoms. The average Bonchev–Trinajstić information content (AvgIpc) is 3.28. The molecule has 2 aromatic carbocycles. The largest absolute Gasteiger partial charge is 0.457 e. The van der Waals surface area contributed by atoms with E-state index in [0.29, 0.717) is 34.1 Å². The molecule has 2 heterocycles. The number of amides is 1. The van der Waals surface area contributed by atoms with Crippen molar-refractivity contribution in [3.63, 3.8) is 0 Å². The van der Waals surface area contributed by atoms with E-state index in [1.54, 1.807) is 37.3 Å². The number of aryl methyl sites for hydroxylation is 1. The van der Waals surface area contributed by atoms with Crippen LogP contribution in [0.15, 0.2) is 80.7 Å². The number of furan rings is 1. The average molecular weight is 421 g/mol. The van der Waals surface area contributed by atoms with Crippen LogP contribution in [0.5, 0.6) is 0 Å². The number of carbonyl (C=O) groups is 1. The van der Waals surface area contributed by atoms with Gasteiger partial charge in [-0.3, -0.25) is 4.79 Å². The molecular formula is C22H19N3O4S. The molecule has 0 saturated heterocycles. The first-order valence-electron chi connectivity index (χ1n) is 9.14. The van der Waals surface area contributed by atoms with Gasteiger partial charge in [-0.15, -0.1) is 0 Å². The molecule has 0 aliphatic carbocycles. The van der Waals surface area contributed by atoms with E-state index in [2.05, 4.69) is 5.10 Å². The molecular weight excluding hydrogens is 402 g/mol. The fourth-order valence-corrected chi connectivity index (χ4v) is 3.60. The lowest BCUT2D eigenvalue weighted by Gasteiger charge is -2.11. The lowest BCUT2D eigenvalue weighted by atomic mass is 10.1. The monoisotopic (exact) mass is 421 g/mol. The number of rotatable bonds is 4. The quantitative estimate of drug-likeness (QED) is 0.648. The molecule has 0 radical (unpaired) electrons. The summed E-state index contributed by atoms with van der Waals surface area (Å²) in [5.74, 6) is 0.800. The smallest absolute Gasteiger partial charge is 0.280 e. The highest BCUT2D eigenvalue weighted by Gasteiger charge is 2.29. The van der Waals surface area contributed by atoms with Crippen molar-refractivity contribution in [2.24, 2.45) is 10.2 Å². The maximum Gasteiger partial charge on any atom is 0.280 e. The van der Waals surface area contributed by atoms with Gasteiger partial charge in [-0.2, -0.15) is 10.1 Å². The van der Waals surface area contributed by atoms with Crippen LogP contribution in [-0.2, 0) is 14.8 Å². The molecule has 2 N–H and O–H groups in total. The van der Waals surface area contributed by atoms with Crippen molar-refractivity contribution in [3.05, 3.63) is 77.6 Å². The Morgan fingerprint density at radius 3 is 2.27 bits per heavy atom. The van der Waals surface area contributed by atoms with Crippen LogP contribution in [-0.4, -0.2) is 20.0 Å². The first-order chi connectivity index (χ1) is 14.2. The van der Waals surface area contributed by atoms with E-state index in [0.717, 1.165) is 5.56 Å². The van der Waals surface area contributed by atoms with Crippen molar-refractivity contribution in [3.8, 4) is 11.3 Å². The number of carbonyl (C=O) groups excluding carboxylic acids is 1. The third kappa shape index (κ3) is 3.83. The summed E-state index contributed by atoms with van der Waals surface area (Å²) in [6, 6.07) is 17.1. The van der Waals surface area contributed by atoms with Gasteiger partial charge in [0.1, 0.15) is 11.5 Å². The van der Waals surface area contributed by atoms with Crippen LogP contribution >= 0.6 is 0 Å². The van der Waals surface area contributed by atoms with Gasteiger partial charge < -0.3 is 4.42 Å². The van der Waals surface area contributed by atoms with Gasteiger partial charge in [0.2, 0.25) is 10.0 Å². The molecule has 1 amide bonds. The van der Waals surface area contributed by atoms with Crippen LogP contribution in [0.1, 0.15) is 18.2 Å². The van der Waals surface area contributed by atoms with Crippen LogP contribution in [0.3, 0.4) is 0 Å². The van der Waals surface area contributed by atoms with Crippen molar-refractivity contribution in [2.75, 3.05) is 5.01 Å². The molecule has 0 fully saturated rings. The highest BCUT2D eigenvalue weighted by molar-refractivity contribution is 7.89. The second-order valence-corrected chi connectivity index (χ2v) is 8.53. The Labute approximate surface area is 174 Å². The minimum atomic E-state index is -3.75. The summed E-state index contributed by atoms with van der Waals surface area (Å²) in [5, 5.41) is 10.9. The fourth-order valence-electron chi connectivity index (χ4n) is 3.08. The summed E-state index contributed by atoms with van der Waals surface area (Å²) in [7, 11) is -3.75. The minimum Gasteiger partial charge on any atom is -0.457 e. The van der Waals surface area contributed by atoms with Crippen molar-refractivity contribution in [1.29, 1.82) is 0 Å². The Bertz CT molecular complexity index is 1280. The first-order valence-corrected chi connectivity index (χ1v) is 10.7. The second-order valence-electron chi connectivity index (χ2n) is 6.97. The number of hydrazone groups is 1. The van der Waals surface area contributed by atoms with Gasteiger partial charge in [-0.05, 0) is 68.5 Å². The Balaban J connectivity index is 1.59. The third-order valence-corrected chi connectivity index (χ3v) is 5.65. The Kier molecular flexibility index (Phi) is 4.89. The molecule has 0 saturated carbocycles. The van der Waals surface area contributed by atoms with Crippen LogP contribution in [0.25, 0.3) is 17.4 Å². The number of primary sulfonamides is 1. The van der Waals surface area contributed by atoms with Gasteiger partial charge in [-0.25, -0.2) is 13.6 Å². The van der Waals surface area contributed by atoms with Gasteiger partial charge in [0.15, 0.2) is 0 Å². The van der Waals surface area contributed by atoms with E-state index in [1.165, 1.54) is 17.1 Å². The zero-order chi connectivity index (χ0) is 21.5. The van der Waals surface area contributed by atoms with E-state index in [1.807, 2.05) is 31.2 Å².